The Morgan fingerprint density at radius 3 is 2.64 bits per heavy atom. The third kappa shape index (κ3) is 3.96. The van der Waals surface area contributed by atoms with Gasteiger partial charge in [-0.3, -0.25) is 4.99 Å². The maximum Gasteiger partial charge on any atom is 0.161 e. The van der Waals surface area contributed by atoms with Gasteiger partial charge in [-0.2, -0.15) is 0 Å². The topological polar surface area (TPSA) is 40.0 Å². The smallest absolute Gasteiger partial charge is 0.161 e. The van der Waals surface area contributed by atoms with Crippen LogP contribution in [-0.2, 0) is 11.2 Å². The molecule has 1 aliphatic rings. The second-order valence-electron chi connectivity index (χ2n) is 5.82. The molecule has 0 atom stereocenters. The molecule has 1 aliphatic heterocycles. The summed E-state index contributed by atoms with van der Waals surface area (Å²) in [6, 6.07) is 4.13. The Kier molecular flexibility index (Phi) is 5.75. The summed E-state index contributed by atoms with van der Waals surface area (Å²) in [4.78, 5) is 4.84. The summed E-state index contributed by atoms with van der Waals surface area (Å²) in [5.41, 5.74) is 2.34. The van der Waals surface area contributed by atoms with Gasteiger partial charge in [-0.05, 0) is 51.1 Å². The maximum absolute atomic E-state index is 5.83. The van der Waals surface area contributed by atoms with Crippen molar-refractivity contribution in [2.75, 3.05) is 33.2 Å². The minimum Gasteiger partial charge on any atom is -0.493 e. The van der Waals surface area contributed by atoms with E-state index < -0.39 is 0 Å². The quantitative estimate of drug-likeness (QED) is 0.751. The number of hydrogen-bond acceptors (Lipinski definition) is 5. The van der Waals surface area contributed by atoms with Crippen molar-refractivity contribution in [3.63, 3.8) is 0 Å². The highest BCUT2D eigenvalue weighted by Crippen LogP contribution is 2.37. The van der Waals surface area contributed by atoms with Crippen LogP contribution in [0.2, 0.25) is 0 Å². The molecular weight excluding hydrogens is 298 g/mol. The Hall–Kier alpha value is -1.20. The Morgan fingerprint density at radius 2 is 2.00 bits per heavy atom. The SMILES string of the molecule is CCOCCOc1cc2c(cc1OC)CC(C)(C)N=C2SC. The number of hydrogen-bond donors (Lipinski definition) is 0. The van der Waals surface area contributed by atoms with Crippen LogP contribution in [0.3, 0.4) is 0 Å². The minimum absolute atomic E-state index is 0.0757. The van der Waals surface area contributed by atoms with Gasteiger partial charge in [-0.25, -0.2) is 0 Å². The number of rotatable bonds is 6. The van der Waals surface area contributed by atoms with Crippen molar-refractivity contribution in [2.45, 2.75) is 32.7 Å². The lowest BCUT2D eigenvalue weighted by atomic mass is 9.89. The van der Waals surface area contributed by atoms with Crippen molar-refractivity contribution in [2.24, 2.45) is 4.99 Å². The van der Waals surface area contributed by atoms with E-state index >= 15 is 0 Å². The van der Waals surface area contributed by atoms with Gasteiger partial charge in [0.15, 0.2) is 11.5 Å². The molecule has 122 valence electrons. The molecule has 0 bridgehead atoms. The first-order valence-electron chi connectivity index (χ1n) is 7.56. The van der Waals surface area contributed by atoms with E-state index in [-0.39, 0.29) is 5.54 Å². The zero-order valence-electron chi connectivity index (χ0n) is 14.1. The monoisotopic (exact) mass is 323 g/mol. The lowest BCUT2D eigenvalue weighted by Crippen LogP contribution is -2.28. The zero-order chi connectivity index (χ0) is 16.2. The second-order valence-corrected chi connectivity index (χ2v) is 6.61. The average Bonchev–Trinajstić information content (AvgIpc) is 2.49. The van der Waals surface area contributed by atoms with E-state index in [4.69, 9.17) is 19.2 Å². The highest BCUT2D eigenvalue weighted by atomic mass is 32.2. The molecule has 0 saturated carbocycles. The van der Waals surface area contributed by atoms with Gasteiger partial charge in [0.05, 0.1) is 24.3 Å². The fourth-order valence-electron chi connectivity index (χ4n) is 2.57. The van der Waals surface area contributed by atoms with Gasteiger partial charge in [-0.15, -0.1) is 11.8 Å². The summed E-state index contributed by atoms with van der Waals surface area (Å²) < 4.78 is 16.6. The number of fused-ring (bicyclic) bond motifs is 1. The summed E-state index contributed by atoms with van der Waals surface area (Å²) in [6.45, 7) is 8.08. The number of aliphatic imine (C=N–C) groups is 1. The first kappa shape index (κ1) is 17.2. The number of ether oxygens (including phenoxy) is 3. The maximum atomic E-state index is 5.83. The van der Waals surface area contributed by atoms with Crippen LogP contribution in [-0.4, -0.2) is 43.8 Å². The molecule has 0 amide bonds. The van der Waals surface area contributed by atoms with E-state index in [2.05, 4.69) is 26.2 Å². The van der Waals surface area contributed by atoms with E-state index in [1.54, 1.807) is 18.9 Å². The minimum atomic E-state index is -0.0757. The third-order valence-electron chi connectivity index (χ3n) is 3.53. The Bertz CT molecular complexity index is 555. The van der Waals surface area contributed by atoms with Crippen LogP contribution in [0.5, 0.6) is 11.5 Å². The first-order valence-corrected chi connectivity index (χ1v) is 8.79. The highest BCUT2D eigenvalue weighted by Gasteiger charge is 2.28. The molecule has 0 unspecified atom stereocenters. The molecule has 0 N–H and O–H groups in total. The predicted molar refractivity (Wildman–Crippen MR) is 92.8 cm³/mol. The van der Waals surface area contributed by atoms with Crippen molar-refractivity contribution in [3.05, 3.63) is 23.3 Å². The summed E-state index contributed by atoms with van der Waals surface area (Å²) in [7, 11) is 1.68. The van der Waals surface area contributed by atoms with Crippen LogP contribution in [0, 0.1) is 0 Å². The second kappa shape index (κ2) is 7.38. The van der Waals surface area contributed by atoms with Crippen LogP contribution in [0.25, 0.3) is 0 Å². The summed E-state index contributed by atoms with van der Waals surface area (Å²) in [5, 5.41) is 1.06. The summed E-state index contributed by atoms with van der Waals surface area (Å²) in [5.74, 6) is 1.52. The van der Waals surface area contributed by atoms with Crippen LogP contribution in [0.1, 0.15) is 31.9 Å². The van der Waals surface area contributed by atoms with Crippen molar-refractivity contribution < 1.29 is 14.2 Å². The molecule has 1 aromatic rings. The lowest BCUT2D eigenvalue weighted by Gasteiger charge is -2.29. The van der Waals surface area contributed by atoms with Crippen LogP contribution < -0.4 is 9.47 Å². The lowest BCUT2D eigenvalue weighted by molar-refractivity contribution is 0.109. The summed E-state index contributed by atoms with van der Waals surface area (Å²) >= 11 is 1.67. The van der Waals surface area contributed by atoms with Gasteiger partial charge >= 0.3 is 0 Å². The number of thioether (sulfide) groups is 1. The normalized spacial score (nSPS) is 16.0. The van der Waals surface area contributed by atoms with E-state index in [1.165, 1.54) is 5.56 Å². The molecule has 4 nitrogen and oxygen atoms in total. The van der Waals surface area contributed by atoms with Gasteiger partial charge in [0.1, 0.15) is 6.61 Å². The molecule has 0 fully saturated rings. The molecule has 0 aromatic heterocycles. The van der Waals surface area contributed by atoms with E-state index in [1.807, 2.05) is 13.0 Å². The van der Waals surface area contributed by atoms with Crippen molar-refractivity contribution in [1.29, 1.82) is 0 Å². The molecule has 5 heteroatoms. The Labute approximate surface area is 137 Å². The molecule has 22 heavy (non-hydrogen) atoms. The molecule has 0 aliphatic carbocycles. The van der Waals surface area contributed by atoms with Gasteiger partial charge in [0.25, 0.3) is 0 Å². The van der Waals surface area contributed by atoms with Gasteiger partial charge in [0.2, 0.25) is 0 Å². The standard InChI is InChI=1S/C17H25NO3S/c1-6-20-7-8-21-15-10-13-12(9-14(15)19-4)11-17(2,3)18-16(13)22-5/h9-10H,6-8,11H2,1-5H3. The van der Waals surface area contributed by atoms with E-state index in [0.717, 1.165) is 28.5 Å². The van der Waals surface area contributed by atoms with Gasteiger partial charge in [-0.1, -0.05) is 0 Å². The fourth-order valence-corrected chi connectivity index (χ4v) is 3.32. The van der Waals surface area contributed by atoms with Crippen LogP contribution in [0.15, 0.2) is 17.1 Å². The Balaban J connectivity index is 2.30. The van der Waals surface area contributed by atoms with Gasteiger partial charge < -0.3 is 14.2 Å². The average molecular weight is 323 g/mol. The molecule has 0 radical (unpaired) electrons. The fraction of sp³-hybridized carbons (Fsp3) is 0.588. The zero-order valence-corrected chi connectivity index (χ0v) is 14.9. The van der Waals surface area contributed by atoms with Crippen molar-refractivity contribution in [3.8, 4) is 11.5 Å². The summed E-state index contributed by atoms with van der Waals surface area (Å²) in [6.07, 6.45) is 2.96. The molecule has 1 heterocycles. The number of nitrogens with zero attached hydrogens (tertiary/aromatic N) is 1. The van der Waals surface area contributed by atoms with E-state index in [0.29, 0.717) is 19.8 Å². The molecule has 0 spiro atoms. The number of methoxy groups -OCH3 is 1. The van der Waals surface area contributed by atoms with E-state index in [9.17, 15) is 0 Å². The molecule has 1 aromatic carbocycles. The largest absolute Gasteiger partial charge is 0.493 e. The molecular formula is C17H25NO3S. The first-order chi connectivity index (χ1) is 10.5. The van der Waals surface area contributed by atoms with Crippen molar-refractivity contribution >= 4 is 16.8 Å². The van der Waals surface area contributed by atoms with Gasteiger partial charge in [0, 0.05) is 12.2 Å². The molecule has 0 saturated heterocycles. The van der Waals surface area contributed by atoms with Crippen LogP contribution >= 0.6 is 11.8 Å². The molecule has 2 rings (SSSR count). The van der Waals surface area contributed by atoms with Crippen molar-refractivity contribution in [1.82, 2.24) is 0 Å². The third-order valence-corrected chi connectivity index (χ3v) is 4.23. The predicted octanol–water partition coefficient (Wildman–Crippen LogP) is 3.55. The number of benzene rings is 1. The highest BCUT2D eigenvalue weighted by molar-refractivity contribution is 8.13. The Morgan fingerprint density at radius 1 is 1.23 bits per heavy atom. The van der Waals surface area contributed by atoms with Crippen LogP contribution in [0.4, 0.5) is 0 Å².